The summed E-state index contributed by atoms with van der Waals surface area (Å²) in [6, 6.07) is 0. The average molecular weight is 70.1 g/mol. The molecule has 1 aliphatic rings. The standard InChI is InChI=1S/C5H10/c1-4-3-5(4)2/h4-5H,3H2,1-2H3/t4-,5?/m1/s1. The van der Waals surface area contributed by atoms with Crippen LogP contribution in [-0.2, 0) is 0 Å². The third-order valence-electron chi connectivity index (χ3n) is 1.51. The first-order valence-corrected chi connectivity index (χ1v) is 2.30. The molecule has 30 valence electrons. The zero-order chi connectivity index (χ0) is 3.86. The Balaban J connectivity index is 2.20. The second kappa shape index (κ2) is 0.735. The second-order valence-electron chi connectivity index (χ2n) is 2.19. The molecule has 0 saturated heterocycles. The van der Waals surface area contributed by atoms with Crippen LogP contribution in [0, 0.1) is 11.8 Å². The van der Waals surface area contributed by atoms with Gasteiger partial charge in [0, 0.05) is 0 Å². The van der Waals surface area contributed by atoms with Gasteiger partial charge in [-0.2, -0.15) is 0 Å². The van der Waals surface area contributed by atoms with E-state index in [0.717, 1.165) is 11.8 Å². The summed E-state index contributed by atoms with van der Waals surface area (Å²) in [6.45, 7) is 4.59. The van der Waals surface area contributed by atoms with Gasteiger partial charge in [0.1, 0.15) is 0 Å². The zero-order valence-electron chi connectivity index (χ0n) is 3.86. The van der Waals surface area contributed by atoms with Crippen molar-refractivity contribution in [3.8, 4) is 0 Å². The molecular formula is C5H10. The lowest BCUT2D eigenvalue weighted by Crippen LogP contribution is -1.58. The molecular weight excluding hydrogens is 60.1 g/mol. The molecule has 0 amide bonds. The molecule has 5 heavy (non-hydrogen) atoms. The molecule has 1 saturated carbocycles. The fraction of sp³-hybridized carbons (Fsp3) is 1.00. The van der Waals surface area contributed by atoms with Crippen molar-refractivity contribution in [1.82, 2.24) is 0 Å². The van der Waals surface area contributed by atoms with Gasteiger partial charge in [-0.1, -0.05) is 13.8 Å². The van der Waals surface area contributed by atoms with Gasteiger partial charge in [-0.05, 0) is 18.3 Å². The Bertz CT molecular complexity index is 33.3. The molecule has 1 fully saturated rings. The summed E-state index contributed by atoms with van der Waals surface area (Å²) in [4.78, 5) is 0. The average Bonchev–Trinajstić information content (AvgIpc) is 1.79. The smallest absolute Gasteiger partial charge is 0.0414 e. The zero-order valence-corrected chi connectivity index (χ0v) is 3.86. The van der Waals surface area contributed by atoms with E-state index in [1.165, 1.54) is 6.42 Å². The van der Waals surface area contributed by atoms with Gasteiger partial charge >= 0.3 is 0 Å². The fourth-order valence-corrected chi connectivity index (χ4v) is 0.508. The molecule has 0 aliphatic heterocycles. The first-order valence-electron chi connectivity index (χ1n) is 2.30. The highest BCUT2D eigenvalue weighted by Gasteiger charge is 2.26. The molecule has 1 aliphatic carbocycles. The highest BCUT2D eigenvalue weighted by molar-refractivity contribution is 4.76. The van der Waals surface area contributed by atoms with E-state index < -0.39 is 0 Å². The molecule has 1 rings (SSSR count). The van der Waals surface area contributed by atoms with Crippen LogP contribution in [0.15, 0.2) is 0 Å². The SMILES string of the molecule is CC1C[C@H]1C. The van der Waals surface area contributed by atoms with Crippen LogP contribution in [-0.4, -0.2) is 0 Å². The van der Waals surface area contributed by atoms with E-state index in [1.807, 2.05) is 0 Å². The summed E-state index contributed by atoms with van der Waals surface area (Å²) >= 11 is 0. The largest absolute Gasteiger partial charge is 0.0622 e. The van der Waals surface area contributed by atoms with Crippen LogP contribution in [0.25, 0.3) is 0 Å². The summed E-state index contributed by atoms with van der Waals surface area (Å²) in [5, 5.41) is 0. The topological polar surface area (TPSA) is 0 Å². The quantitative estimate of drug-likeness (QED) is 0.406. The van der Waals surface area contributed by atoms with Gasteiger partial charge in [0.15, 0.2) is 0 Å². The van der Waals surface area contributed by atoms with Gasteiger partial charge in [-0.25, -0.2) is 0 Å². The van der Waals surface area contributed by atoms with Crippen molar-refractivity contribution in [2.75, 3.05) is 0 Å². The number of rotatable bonds is 0. The predicted octanol–water partition coefficient (Wildman–Crippen LogP) is 1.66. The van der Waals surface area contributed by atoms with Gasteiger partial charge in [0.05, 0.1) is 0 Å². The Morgan fingerprint density at radius 1 is 1.20 bits per heavy atom. The second-order valence-corrected chi connectivity index (χ2v) is 2.19. The highest BCUT2D eigenvalue weighted by Crippen LogP contribution is 2.36. The monoisotopic (exact) mass is 70.1 g/mol. The first kappa shape index (κ1) is 3.20. The third-order valence-corrected chi connectivity index (χ3v) is 1.51. The Hall–Kier alpha value is 0. The molecule has 0 aromatic carbocycles. The van der Waals surface area contributed by atoms with Crippen molar-refractivity contribution in [1.29, 1.82) is 0 Å². The lowest BCUT2D eigenvalue weighted by molar-refractivity contribution is 0.834. The van der Waals surface area contributed by atoms with Gasteiger partial charge < -0.3 is 0 Å². The maximum absolute atomic E-state index is 2.30. The van der Waals surface area contributed by atoms with Crippen LogP contribution in [0.2, 0.25) is 0 Å². The van der Waals surface area contributed by atoms with Gasteiger partial charge in [-0.15, -0.1) is 0 Å². The van der Waals surface area contributed by atoms with Gasteiger partial charge in [-0.3, -0.25) is 0 Å². The van der Waals surface area contributed by atoms with E-state index in [0.29, 0.717) is 0 Å². The summed E-state index contributed by atoms with van der Waals surface area (Å²) in [5.74, 6) is 2.10. The predicted molar refractivity (Wildman–Crippen MR) is 22.9 cm³/mol. The molecule has 0 heteroatoms. The summed E-state index contributed by atoms with van der Waals surface area (Å²) < 4.78 is 0. The highest BCUT2D eigenvalue weighted by atomic mass is 14.3. The van der Waals surface area contributed by atoms with Crippen molar-refractivity contribution >= 4 is 0 Å². The molecule has 0 aromatic rings. The Morgan fingerprint density at radius 2 is 1.40 bits per heavy atom. The Morgan fingerprint density at radius 3 is 1.40 bits per heavy atom. The minimum atomic E-state index is 1.05. The van der Waals surface area contributed by atoms with E-state index in [-0.39, 0.29) is 0 Å². The van der Waals surface area contributed by atoms with E-state index in [2.05, 4.69) is 13.8 Å². The van der Waals surface area contributed by atoms with Gasteiger partial charge in [0.2, 0.25) is 0 Å². The van der Waals surface area contributed by atoms with Crippen LogP contribution in [0.3, 0.4) is 0 Å². The van der Waals surface area contributed by atoms with Crippen molar-refractivity contribution in [3.05, 3.63) is 0 Å². The van der Waals surface area contributed by atoms with Crippen molar-refractivity contribution in [2.24, 2.45) is 11.8 Å². The third kappa shape index (κ3) is 0.444. The van der Waals surface area contributed by atoms with Crippen LogP contribution < -0.4 is 0 Å². The van der Waals surface area contributed by atoms with E-state index >= 15 is 0 Å². The van der Waals surface area contributed by atoms with E-state index in [4.69, 9.17) is 0 Å². The Kier molecular flexibility index (Phi) is 0.470. The maximum atomic E-state index is 2.30. The normalized spacial score (nSPS) is 49.2. The molecule has 0 radical (unpaired) electrons. The molecule has 0 aromatic heterocycles. The molecule has 0 N–H and O–H groups in total. The number of hydrogen-bond donors (Lipinski definition) is 0. The van der Waals surface area contributed by atoms with Crippen LogP contribution in [0.1, 0.15) is 20.3 Å². The summed E-state index contributed by atoms with van der Waals surface area (Å²) in [6.07, 6.45) is 1.47. The Labute approximate surface area is 33.2 Å². The van der Waals surface area contributed by atoms with E-state index in [1.54, 1.807) is 0 Å². The fourth-order valence-electron chi connectivity index (χ4n) is 0.508. The van der Waals surface area contributed by atoms with Crippen molar-refractivity contribution < 1.29 is 0 Å². The van der Waals surface area contributed by atoms with Crippen molar-refractivity contribution in [2.45, 2.75) is 20.3 Å². The summed E-state index contributed by atoms with van der Waals surface area (Å²) in [7, 11) is 0. The minimum absolute atomic E-state index is 1.05. The maximum Gasteiger partial charge on any atom is -0.0414 e. The molecule has 0 bridgehead atoms. The molecule has 0 heterocycles. The van der Waals surface area contributed by atoms with E-state index in [9.17, 15) is 0 Å². The first-order chi connectivity index (χ1) is 2.30. The van der Waals surface area contributed by atoms with Gasteiger partial charge in [0.25, 0.3) is 0 Å². The van der Waals surface area contributed by atoms with Crippen LogP contribution >= 0.6 is 0 Å². The van der Waals surface area contributed by atoms with Crippen molar-refractivity contribution in [3.63, 3.8) is 0 Å². The molecule has 0 nitrogen and oxygen atoms in total. The molecule has 2 atom stereocenters. The van der Waals surface area contributed by atoms with Crippen LogP contribution in [0.5, 0.6) is 0 Å². The lowest BCUT2D eigenvalue weighted by atomic mass is 10.4. The minimum Gasteiger partial charge on any atom is -0.0622 e. The lowest BCUT2D eigenvalue weighted by Gasteiger charge is -1.66. The number of hydrogen-bond acceptors (Lipinski definition) is 0. The molecule has 0 spiro atoms. The molecule has 1 unspecified atom stereocenters. The van der Waals surface area contributed by atoms with Crippen LogP contribution in [0.4, 0.5) is 0 Å². The summed E-state index contributed by atoms with van der Waals surface area (Å²) in [5.41, 5.74) is 0.